The lowest BCUT2D eigenvalue weighted by molar-refractivity contribution is -0.142. The van der Waals surface area contributed by atoms with Gasteiger partial charge in [0.05, 0.1) is 12.2 Å². The molecule has 1 aromatic rings. The van der Waals surface area contributed by atoms with Crippen molar-refractivity contribution >= 4 is 11.8 Å². The van der Waals surface area contributed by atoms with Gasteiger partial charge in [-0.3, -0.25) is 9.59 Å². The highest BCUT2D eigenvalue weighted by Crippen LogP contribution is 2.35. The van der Waals surface area contributed by atoms with Gasteiger partial charge in [0, 0.05) is 6.07 Å². The SMILES string of the molecule is CCOC(=O)CC(=O)c1c(F)cc(F)c(C(F)(F)F)c1F. The third kappa shape index (κ3) is 3.73. The first-order valence-corrected chi connectivity index (χ1v) is 5.53. The van der Waals surface area contributed by atoms with E-state index < -0.39 is 52.9 Å². The highest BCUT2D eigenvalue weighted by atomic mass is 19.4. The number of alkyl halides is 3. The molecule has 0 aliphatic carbocycles. The number of benzene rings is 1. The number of esters is 1. The van der Waals surface area contributed by atoms with Crippen LogP contribution in [0.3, 0.4) is 0 Å². The number of ether oxygens (including phenoxy) is 1. The molecule has 0 saturated carbocycles. The maximum Gasteiger partial charge on any atom is 0.422 e. The quantitative estimate of drug-likeness (QED) is 0.371. The first-order chi connectivity index (χ1) is 9.59. The number of carbonyl (C=O) groups excluding carboxylic acids is 2. The molecule has 9 heteroatoms. The van der Waals surface area contributed by atoms with E-state index in [1.807, 2.05) is 0 Å². The van der Waals surface area contributed by atoms with Crippen molar-refractivity contribution in [3.05, 3.63) is 34.6 Å². The van der Waals surface area contributed by atoms with Crippen molar-refractivity contribution < 1.29 is 40.7 Å². The molecule has 0 aromatic heterocycles. The van der Waals surface area contributed by atoms with Gasteiger partial charge in [-0.25, -0.2) is 13.2 Å². The van der Waals surface area contributed by atoms with Gasteiger partial charge in [-0.05, 0) is 6.92 Å². The fourth-order valence-corrected chi connectivity index (χ4v) is 1.54. The predicted molar refractivity (Wildman–Crippen MR) is 56.9 cm³/mol. The number of rotatable bonds is 4. The summed E-state index contributed by atoms with van der Waals surface area (Å²) in [4.78, 5) is 22.5. The highest BCUT2D eigenvalue weighted by Gasteiger charge is 2.41. The Balaban J connectivity index is 3.31. The first kappa shape index (κ1) is 17.0. The summed E-state index contributed by atoms with van der Waals surface area (Å²) in [6.07, 6.45) is -6.62. The van der Waals surface area contributed by atoms with Crippen LogP contribution in [0.2, 0.25) is 0 Å². The Morgan fingerprint density at radius 2 is 1.71 bits per heavy atom. The van der Waals surface area contributed by atoms with Crippen molar-refractivity contribution in [2.75, 3.05) is 6.61 Å². The van der Waals surface area contributed by atoms with E-state index in [0.29, 0.717) is 0 Å². The third-order valence-electron chi connectivity index (χ3n) is 2.34. The molecule has 0 spiro atoms. The van der Waals surface area contributed by atoms with Gasteiger partial charge in [-0.1, -0.05) is 0 Å². The lowest BCUT2D eigenvalue weighted by atomic mass is 10.0. The van der Waals surface area contributed by atoms with Crippen LogP contribution in [0.1, 0.15) is 29.3 Å². The van der Waals surface area contributed by atoms with E-state index in [4.69, 9.17) is 0 Å². The molecule has 0 amide bonds. The van der Waals surface area contributed by atoms with Crippen molar-refractivity contribution in [1.82, 2.24) is 0 Å². The van der Waals surface area contributed by atoms with Crippen molar-refractivity contribution in [3.63, 3.8) is 0 Å². The Kier molecular flexibility index (Phi) is 4.97. The minimum atomic E-state index is -5.46. The smallest absolute Gasteiger partial charge is 0.422 e. The molecule has 0 unspecified atom stereocenters. The second-order valence-electron chi connectivity index (χ2n) is 3.81. The number of hydrogen-bond donors (Lipinski definition) is 0. The molecule has 0 radical (unpaired) electrons. The molecule has 116 valence electrons. The minimum absolute atomic E-state index is 0.131. The average molecular weight is 314 g/mol. The Hall–Kier alpha value is -2.06. The van der Waals surface area contributed by atoms with Crippen LogP contribution >= 0.6 is 0 Å². The molecule has 0 atom stereocenters. The van der Waals surface area contributed by atoms with E-state index >= 15 is 0 Å². The van der Waals surface area contributed by atoms with Crippen LogP contribution < -0.4 is 0 Å². The molecule has 0 N–H and O–H groups in total. The van der Waals surface area contributed by atoms with Crippen LogP contribution in [0.15, 0.2) is 6.07 Å². The molecule has 0 aliphatic heterocycles. The molecule has 3 nitrogen and oxygen atoms in total. The monoisotopic (exact) mass is 314 g/mol. The van der Waals surface area contributed by atoms with Crippen molar-refractivity contribution in [2.24, 2.45) is 0 Å². The van der Waals surface area contributed by atoms with Gasteiger partial charge in [-0.2, -0.15) is 13.2 Å². The Labute approximate surface area is 114 Å². The molecule has 1 rings (SSSR count). The molecular weight excluding hydrogens is 306 g/mol. The van der Waals surface area contributed by atoms with E-state index in [9.17, 15) is 35.9 Å². The summed E-state index contributed by atoms with van der Waals surface area (Å²) in [5.74, 6) is -9.15. The fourth-order valence-electron chi connectivity index (χ4n) is 1.54. The van der Waals surface area contributed by atoms with E-state index in [2.05, 4.69) is 4.74 Å². The van der Waals surface area contributed by atoms with E-state index in [0.717, 1.165) is 0 Å². The molecule has 0 fully saturated rings. The molecule has 21 heavy (non-hydrogen) atoms. The summed E-state index contributed by atoms with van der Waals surface area (Å²) in [6, 6.07) is -0.260. The molecule has 0 saturated heterocycles. The molecule has 1 aromatic carbocycles. The van der Waals surface area contributed by atoms with E-state index in [1.54, 1.807) is 0 Å². The van der Waals surface area contributed by atoms with Crippen molar-refractivity contribution in [1.29, 1.82) is 0 Å². The largest absolute Gasteiger partial charge is 0.466 e. The maximum absolute atomic E-state index is 13.6. The number of carbonyl (C=O) groups is 2. The summed E-state index contributed by atoms with van der Waals surface area (Å²) >= 11 is 0. The number of ketones is 1. The summed E-state index contributed by atoms with van der Waals surface area (Å²) in [5, 5.41) is 0. The minimum Gasteiger partial charge on any atom is -0.466 e. The maximum atomic E-state index is 13.6. The Morgan fingerprint density at radius 1 is 1.14 bits per heavy atom. The van der Waals surface area contributed by atoms with Crippen LogP contribution in [0.5, 0.6) is 0 Å². The first-order valence-electron chi connectivity index (χ1n) is 5.53. The van der Waals surface area contributed by atoms with Crippen LogP contribution in [-0.4, -0.2) is 18.4 Å². The summed E-state index contributed by atoms with van der Waals surface area (Å²) in [7, 11) is 0. The Morgan fingerprint density at radius 3 is 2.19 bits per heavy atom. The van der Waals surface area contributed by atoms with Gasteiger partial charge < -0.3 is 4.74 Å². The standard InChI is InChI=1S/C12H8F6O3/c1-2-21-8(20)4-7(19)9-5(13)3-6(14)10(11(9)15)12(16,17)18/h3H,2,4H2,1H3. The predicted octanol–water partition coefficient (Wildman–Crippen LogP) is 3.26. The summed E-state index contributed by atoms with van der Waals surface area (Å²) in [6.45, 7) is 1.26. The molecule has 0 aliphatic rings. The number of Topliss-reactive ketones (excluding diaryl/α,β-unsaturated/α-hetero) is 1. The lowest BCUT2D eigenvalue weighted by Crippen LogP contribution is -2.19. The van der Waals surface area contributed by atoms with Crippen molar-refractivity contribution in [2.45, 2.75) is 19.5 Å². The van der Waals surface area contributed by atoms with Crippen molar-refractivity contribution in [3.8, 4) is 0 Å². The number of halogens is 6. The molecule has 0 heterocycles. The zero-order valence-corrected chi connectivity index (χ0v) is 10.5. The fraction of sp³-hybridized carbons (Fsp3) is 0.333. The molecule has 0 bridgehead atoms. The van der Waals surface area contributed by atoms with Gasteiger partial charge in [0.2, 0.25) is 0 Å². The number of hydrogen-bond acceptors (Lipinski definition) is 3. The van der Waals surface area contributed by atoms with Gasteiger partial charge in [0.1, 0.15) is 23.6 Å². The van der Waals surface area contributed by atoms with Crippen LogP contribution in [0.4, 0.5) is 26.3 Å². The van der Waals surface area contributed by atoms with E-state index in [-0.39, 0.29) is 12.7 Å². The second-order valence-corrected chi connectivity index (χ2v) is 3.81. The second kappa shape index (κ2) is 6.15. The summed E-state index contributed by atoms with van der Waals surface area (Å²) in [5.41, 5.74) is -4.02. The zero-order valence-electron chi connectivity index (χ0n) is 10.5. The molecular formula is C12H8F6O3. The van der Waals surface area contributed by atoms with E-state index in [1.165, 1.54) is 6.92 Å². The normalized spacial score (nSPS) is 11.4. The zero-order chi connectivity index (χ0) is 16.4. The van der Waals surface area contributed by atoms with Gasteiger partial charge in [0.15, 0.2) is 11.6 Å². The van der Waals surface area contributed by atoms with Gasteiger partial charge >= 0.3 is 12.1 Å². The summed E-state index contributed by atoms with van der Waals surface area (Å²) < 4.78 is 81.7. The third-order valence-corrected chi connectivity index (χ3v) is 2.34. The van der Waals surface area contributed by atoms with Crippen LogP contribution in [-0.2, 0) is 15.7 Å². The van der Waals surface area contributed by atoms with Gasteiger partial charge in [-0.15, -0.1) is 0 Å². The average Bonchev–Trinajstić information content (AvgIpc) is 2.25. The Bertz CT molecular complexity index is 579. The van der Waals surface area contributed by atoms with Crippen LogP contribution in [0, 0.1) is 17.5 Å². The van der Waals surface area contributed by atoms with Gasteiger partial charge in [0.25, 0.3) is 0 Å². The van der Waals surface area contributed by atoms with Crippen LogP contribution in [0.25, 0.3) is 0 Å². The lowest BCUT2D eigenvalue weighted by Gasteiger charge is -2.12. The topological polar surface area (TPSA) is 43.4 Å². The highest BCUT2D eigenvalue weighted by molar-refractivity contribution is 6.06.